The zero-order valence-electron chi connectivity index (χ0n) is 7.76. The first kappa shape index (κ1) is 10.8. The fourth-order valence-electron chi connectivity index (χ4n) is 1.29. The first-order valence-electron chi connectivity index (χ1n) is 4.38. The summed E-state index contributed by atoms with van der Waals surface area (Å²) in [5.41, 5.74) is 0. The SMILES string of the molecule is O=S(=O)(c1cccnc1Cl)N1CCCO1. The van der Waals surface area contributed by atoms with Gasteiger partial charge in [0.15, 0.2) is 0 Å². The third kappa shape index (κ3) is 1.98. The number of hydroxylamine groups is 1. The van der Waals surface area contributed by atoms with Crippen LogP contribution in [0.3, 0.4) is 0 Å². The van der Waals surface area contributed by atoms with Crippen LogP contribution in [0.1, 0.15) is 6.42 Å². The third-order valence-electron chi connectivity index (χ3n) is 1.99. The van der Waals surface area contributed by atoms with Crippen molar-refractivity contribution >= 4 is 21.6 Å². The van der Waals surface area contributed by atoms with Gasteiger partial charge in [-0.3, -0.25) is 4.84 Å². The molecule has 0 amide bonds. The van der Waals surface area contributed by atoms with Gasteiger partial charge in [0.05, 0.1) is 6.61 Å². The normalized spacial score (nSPS) is 18.2. The summed E-state index contributed by atoms with van der Waals surface area (Å²) in [5.74, 6) is 0. The van der Waals surface area contributed by atoms with E-state index in [9.17, 15) is 8.42 Å². The molecule has 1 fully saturated rings. The molecular weight excluding hydrogens is 240 g/mol. The van der Waals surface area contributed by atoms with E-state index in [1.165, 1.54) is 18.3 Å². The Kier molecular flexibility index (Phi) is 2.92. The van der Waals surface area contributed by atoms with E-state index in [0.29, 0.717) is 19.6 Å². The largest absolute Gasteiger partial charge is 0.284 e. The standard InChI is InChI=1S/C8H9ClN2O3S/c9-8-7(3-1-4-10-8)15(12,13)11-5-2-6-14-11/h1,3-4H,2,5-6H2. The molecule has 2 rings (SSSR count). The first-order valence-corrected chi connectivity index (χ1v) is 6.20. The van der Waals surface area contributed by atoms with E-state index in [-0.39, 0.29) is 10.0 Å². The van der Waals surface area contributed by atoms with Crippen LogP contribution in [0.2, 0.25) is 5.15 Å². The third-order valence-corrected chi connectivity index (χ3v) is 4.11. The Morgan fingerprint density at radius 2 is 2.33 bits per heavy atom. The number of sulfonamides is 1. The van der Waals surface area contributed by atoms with Crippen molar-refractivity contribution in [1.82, 2.24) is 9.45 Å². The number of rotatable bonds is 2. The molecule has 0 radical (unpaired) electrons. The minimum Gasteiger partial charge on any atom is -0.284 e. The van der Waals surface area contributed by atoms with Gasteiger partial charge >= 0.3 is 0 Å². The molecule has 1 saturated heterocycles. The van der Waals surface area contributed by atoms with Crippen molar-refractivity contribution in [1.29, 1.82) is 0 Å². The van der Waals surface area contributed by atoms with E-state index in [1.54, 1.807) is 0 Å². The van der Waals surface area contributed by atoms with Gasteiger partial charge in [-0.05, 0) is 18.6 Å². The Bertz CT molecular complexity index is 457. The maximum atomic E-state index is 11.9. The molecule has 2 heterocycles. The molecule has 7 heteroatoms. The average Bonchev–Trinajstić information content (AvgIpc) is 2.71. The molecule has 82 valence electrons. The van der Waals surface area contributed by atoms with E-state index >= 15 is 0 Å². The molecule has 0 atom stereocenters. The summed E-state index contributed by atoms with van der Waals surface area (Å²) in [6, 6.07) is 2.93. The van der Waals surface area contributed by atoms with Gasteiger partial charge < -0.3 is 0 Å². The summed E-state index contributed by atoms with van der Waals surface area (Å²) < 4.78 is 24.8. The van der Waals surface area contributed by atoms with E-state index in [4.69, 9.17) is 16.4 Å². The van der Waals surface area contributed by atoms with Crippen LogP contribution in [0.25, 0.3) is 0 Å². The number of pyridine rings is 1. The fraction of sp³-hybridized carbons (Fsp3) is 0.375. The molecule has 1 aromatic rings. The van der Waals surface area contributed by atoms with Crippen LogP contribution >= 0.6 is 11.6 Å². The average molecular weight is 249 g/mol. The molecule has 0 spiro atoms. The van der Waals surface area contributed by atoms with Crippen LogP contribution in [-0.2, 0) is 14.9 Å². The number of hydrogen-bond donors (Lipinski definition) is 0. The predicted molar refractivity (Wildman–Crippen MR) is 53.7 cm³/mol. The summed E-state index contributed by atoms with van der Waals surface area (Å²) in [5, 5.41) is -0.0343. The molecule has 1 aromatic heterocycles. The number of aromatic nitrogens is 1. The first-order chi connectivity index (χ1) is 7.12. The Morgan fingerprint density at radius 1 is 1.53 bits per heavy atom. The molecule has 1 aliphatic rings. The van der Waals surface area contributed by atoms with E-state index in [2.05, 4.69) is 4.98 Å². The van der Waals surface area contributed by atoms with Crippen molar-refractivity contribution in [3.05, 3.63) is 23.5 Å². The van der Waals surface area contributed by atoms with Gasteiger partial charge in [-0.15, -0.1) is 0 Å². The van der Waals surface area contributed by atoms with Crippen LogP contribution in [0.15, 0.2) is 23.2 Å². The molecule has 1 aliphatic heterocycles. The molecule has 0 saturated carbocycles. The van der Waals surface area contributed by atoms with Gasteiger partial charge in [-0.2, -0.15) is 0 Å². The summed E-state index contributed by atoms with van der Waals surface area (Å²) in [6.07, 6.45) is 2.13. The molecule has 5 nitrogen and oxygen atoms in total. The van der Waals surface area contributed by atoms with Crippen molar-refractivity contribution < 1.29 is 13.3 Å². The quantitative estimate of drug-likeness (QED) is 0.735. The molecule has 0 unspecified atom stereocenters. The summed E-state index contributed by atoms with van der Waals surface area (Å²) >= 11 is 5.71. The highest BCUT2D eigenvalue weighted by Gasteiger charge is 2.30. The van der Waals surface area contributed by atoms with E-state index in [1.807, 2.05) is 0 Å². The second kappa shape index (κ2) is 4.05. The fourth-order valence-corrected chi connectivity index (χ4v) is 3.02. The summed E-state index contributed by atoms with van der Waals surface area (Å²) in [4.78, 5) is 8.69. The molecular formula is C8H9ClN2O3S. The molecule has 0 N–H and O–H groups in total. The minimum absolute atomic E-state index is 0.0198. The second-order valence-electron chi connectivity index (χ2n) is 3.01. The zero-order chi connectivity index (χ0) is 10.9. The van der Waals surface area contributed by atoms with Crippen LogP contribution in [0, 0.1) is 0 Å². The van der Waals surface area contributed by atoms with Crippen LogP contribution < -0.4 is 0 Å². The topological polar surface area (TPSA) is 59.5 Å². The lowest BCUT2D eigenvalue weighted by molar-refractivity contribution is -0.0284. The van der Waals surface area contributed by atoms with Crippen molar-refractivity contribution in [3.63, 3.8) is 0 Å². The number of hydrogen-bond acceptors (Lipinski definition) is 4. The number of halogens is 1. The molecule has 0 aliphatic carbocycles. The van der Waals surface area contributed by atoms with Gasteiger partial charge in [0.2, 0.25) is 0 Å². The Hall–Kier alpha value is -0.690. The highest BCUT2D eigenvalue weighted by atomic mass is 35.5. The summed E-state index contributed by atoms with van der Waals surface area (Å²) in [7, 11) is -3.65. The van der Waals surface area contributed by atoms with Gasteiger partial charge in [0, 0.05) is 12.7 Å². The highest BCUT2D eigenvalue weighted by molar-refractivity contribution is 7.89. The van der Waals surface area contributed by atoms with E-state index < -0.39 is 10.0 Å². The van der Waals surface area contributed by atoms with Gasteiger partial charge in [-0.25, -0.2) is 13.4 Å². The van der Waals surface area contributed by atoms with Crippen LogP contribution in [0.5, 0.6) is 0 Å². The van der Waals surface area contributed by atoms with Crippen molar-refractivity contribution in [2.75, 3.05) is 13.2 Å². The Labute approximate surface area is 92.6 Å². The summed E-state index contributed by atoms with van der Waals surface area (Å²) in [6.45, 7) is 0.769. The van der Waals surface area contributed by atoms with Crippen LogP contribution in [-0.4, -0.2) is 31.0 Å². The lowest BCUT2D eigenvalue weighted by Gasteiger charge is -2.14. The molecule has 0 aromatic carbocycles. The van der Waals surface area contributed by atoms with E-state index in [0.717, 1.165) is 4.47 Å². The minimum atomic E-state index is -3.65. The van der Waals surface area contributed by atoms with Crippen molar-refractivity contribution in [2.45, 2.75) is 11.3 Å². The van der Waals surface area contributed by atoms with Gasteiger partial charge in [-0.1, -0.05) is 16.1 Å². The monoisotopic (exact) mass is 248 g/mol. The Morgan fingerprint density at radius 3 is 2.93 bits per heavy atom. The maximum absolute atomic E-state index is 11.9. The van der Waals surface area contributed by atoms with Crippen molar-refractivity contribution in [2.24, 2.45) is 0 Å². The van der Waals surface area contributed by atoms with Crippen molar-refractivity contribution in [3.8, 4) is 0 Å². The van der Waals surface area contributed by atoms with Crippen LogP contribution in [0.4, 0.5) is 0 Å². The smallest absolute Gasteiger partial charge is 0.268 e. The molecule has 15 heavy (non-hydrogen) atoms. The Balaban J connectivity index is 2.41. The van der Waals surface area contributed by atoms with Gasteiger partial charge in [0.1, 0.15) is 10.0 Å². The lowest BCUT2D eigenvalue weighted by atomic mass is 10.5. The predicted octanol–water partition coefficient (Wildman–Crippen LogP) is 1.06. The van der Waals surface area contributed by atoms with Gasteiger partial charge in [0.25, 0.3) is 10.0 Å². The zero-order valence-corrected chi connectivity index (χ0v) is 9.33. The molecule has 0 bridgehead atoms. The highest BCUT2D eigenvalue weighted by Crippen LogP contribution is 2.24. The second-order valence-corrected chi connectivity index (χ2v) is 5.17. The number of nitrogens with zero attached hydrogens (tertiary/aromatic N) is 2. The maximum Gasteiger partial charge on any atom is 0.268 e. The lowest BCUT2D eigenvalue weighted by Crippen LogP contribution is -2.27.